The van der Waals surface area contributed by atoms with E-state index in [1.165, 1.54) is 4.57 Å². The van der Waals surface area contributed by atoms with Crippen LogP contribution in [0.3, 0.4) is 0 Å². The number of ether oxygens (including phenoxy) is 2. The third kappa shape index (κ3) is 2.90. The summed E-state index contributed by atoms with van der Waals surface area (Å²) in [4.78, 5) is 31.7. The number of rotatable bonds is 4. The van der Waals surface area contributed by atoms with Crippen LogP contribution in [0.5, 0.6) is 5.75 Å². The van der Waals surface area contributed by atoms with Crippen molar-refractivity contribution in [3.63, 3.8) is 0 Å². The largest absolute Gasteiger partial charge is 0.497 e. The van der Waals surface area contributed by atoms with Gasteiger partial charge in [-0.25, -0.2) is 9.78 Å². The zero-order valence-corrected chi connectivity index (χ0v) is 14.4. The van der Waals surface area contributed by atoms with Crippen molar-refractivity contribution in [2.24, 2.45) is 0 Å². The molecular weight excluding hydrogens is 334 g/mol. The zero-order valence-electron chi connectivity index (χ0n) is 14.4. The van der Waals surface area contributed by atoms with Crippen LogP contribution in [0.2, 0.25) is 0 Å². The molecular formula is C19H19N3O4. The molecule has 1 aromatic carbocycles. The van der Waals surface area contributed by atoms with Gasteiger partial charge in [0.15, 0.2) is 0 Å². The second-order valence-corrected chi connectivity index (χ2v) is 6.29. The maximum absolute atomic E-state index is 12.6. The number of nitrogens with zero attached hydrogens (tertiary/aromatic N) is 2. The molecule has 0 spiro atoms. The van der Waals surface area contributed by atoms with Gasteiger partial charge < -0.3 is 9.47 Å². The fourth-order valence-corrected chi connectivity index (χ4v) is 3.40. The predicted octanol–water partition coefficient (Wildman–Crippen LogP) is 1.94. The van der Waals surface area contributed by atoms with Crippen molar-refractivity contribution in [2.75, 3.05) is 13.7 Å². The summed E-state index contributed by atoms with van der Waals surface area (Å²) >= 11 is 0. The van der Waals surface area contributed by atoms with Crippen LogP contribution >= 0.6 is 0 Å². The summed E-state index contributed by atoms with van der Waals surface area (Å²) in [5, 5.41) is 0.387. The highest BCUT2D eigenvalue weighted by Gasteiger charge is 2.20. The van der Waals surface area contributed by atoms with E-state index >= 15 is 0 Å². The van der Waals surface area contributed by atoms with Crippen molar-refractivity contribution >= 4 is 11.0 Å². The summed E-state index contributed by atoms with van der Waals surface area (Å²) in [6.07, 6.45) is 3.44. The maximum atomic E-state index is 12.6. The van der Waals surface area contributed by atoms with Crippen molar-refractivity contribution in [1.82, 2.24) is 14.5 Å². The van der Waals surface area contributed by atoms with Crippen LogP contribution in [0, 0.1) is 0 Å². The summed E-state index contributed by atoms with van der Waals surface area (Å²) in [7, 11) is 1.59. The SMILES string of the molecule is COc1cccc(-c2ccnc3c2c(=O)[nH]c(=O)n3C[C@H]2CCCO2)c1. The molecule has 0 amide bonds. The van der Waals surface area contributed by atoms with E-state index in [1.54, 1.807) is 19.4 Å². The van der Waals surface area contributed by atoms with E-state index in [0.29, 0.717) is 35.5 Å². The van der Waals surface area contributed by atoms with Gasteiger partial charge in [0.25, 0.3) is 5.56 Å². The summed E-state index contributed by atoms with van der Waals surface area (Å²) in [5.41, 5.74) is 0.989. The predicted molar refractivity (Wildman–Crippen MR) is 97.6 cm³/mol. The van der Waals surface area contributed by atoms with Gasteiger partial charge in [0.2, 0.25) is 0 Å². The number of hydrogen-bond donors (Lipinski definition) is 1. The Morgan fingerprint density at radius 1 is 1.35 bits per heavy atom. The lowest BCUT2D eigenvalue weighted by molar-refractivity contribution is 0.0967. The van der Waals surface area contributed by atoms with Gasteiger partial charge in [0.05, 0.1) is 25.1 Å². The van der Waals surface area contributed by atoms with Gasteiger partial charge in [-0.15, -0.1) is 0 Å². The second kappa shape index (κ2) is 6.76. The quantitative estimate of drug-likeness (QED) is 0.775. The number of methoxy groups -OCH3 is 1. The van der Waals surface area contributed by atoms with Gasteiger partial charge >= 0.3 is 5.69 Å². The summed E-state index contributed by atoms with van der Waals surface area (Å²) in [6, 6.07) is 9.21. The third-order valence-corrected chi connectivity index (χ3v) is 4.67. The van der Waals surface area contributed by atoms with E-state index in [9.17, 15) is 9.59 Å². The first-order valence-electron chi connectivity index (χ1n) is 8.55. The van der Waals surface area contributed by atoms with Crippen molar-refractivity contribution in [3.8, 4) is 16.9 Å². The molecule has 0 unspecified atom stereocenters. The minimum atomic E-state index is -0.465. The molecule has 0 radical (unpaired) electrons. The second-order valence-electron chi connectivity index (χ2n) is 6.29. The van der Waals surface area contributed by atoms with Gasteiger partial charge in [0.1, 0.15) is 11.4 Å². The molecule has 7 nitrogen and oxygen atoms in total. The molecule has 134 valence electrons. The molecule has 1 aliphatic heterocycles. The molecule has 4 rings (SSSR count). The number of hydrogen-bond acceptors (Lipinski definition) is 5. The van der Waals surface area contributed by atoms with E-state index in [2.05, 4.69) is 9.97 Å². The Balaban J connectivity index is 1.93. The minimum absolute atomic E-state index is 0.0379. The van der Waals surface area contributed by atoms with Crippen LogP contribution in [0.15, 0.2) is 46.1 Å². The molecule has 1 aliphatic rings. The van der Waals surface area contributed by atoms with Crippen molar-refractivity contribution in [1.29, 1.82) is 0 Å². The van der Waals surface area contributed by atoms with Gasteiger partial charge in [-0.2, -0.15) is 0 Å². The van der Waals surface area contributed by atoms with E-state index in [4.69, 9.17) is 9.47 Å². The Bertz CT molecular complexity index is 1060. The Kier molecular flexibility index (Phi) is 4.30. The molecule has 2 aromatic heterocycles. The fourth-order valence-electron chi connectivity index (χ4n) is 3.40. The molecule has 3 aromatic rings. The Morgan fingerprint density at radius 2 is 2.23 bits per heavy atom. The molecule has 0 aliphatic carbocycles. The number of aromatic nitrogens is 3. The first-order chi connectivity index (χ1) is 12.7. The normalized spacial score (nSPS) is 16.9. The van der Waals surface area contributed by atoms with Crippen LogP contribution in [0.4, 0.5) is 0 Å². The molecule has 1 fully saturated rings. The molecule has 1 N–H and O–H groups in total. The maximum Gasteiger partial charge on any atom is 0.330 e. The van der Waals surface area contributed by atoms with E-state index < -0.39 is 11.2 Å². The van der Waals surface area contributed by atoms with Crippen LogP contribution in [-0.4, -0.2) is 34.4 Å². The molecule has 26 heavy (non-hydrogen) atoms. The smallest absolute Gasteiger partial charge is 0.330 e. The van der Waals surface area contributed by atoms with E-state index in [0.717, 1.165) is 18.4 Å². The fraction of sp³-hybridized carbons (Fsp3) is 0.316. The van der Waals surface area contributed by atoms with Crippen molar-refractivity contribution in [2.45, 2.75) is 25.5 Å². The molecule has 0 bridgehead atoms. The Hall–Kier alpha value is -2.93. The first-order valence-corrected chi connectivity index (χ1v) is 8.55. The number of H-pyrrole nitrogens is 1. The van der Waals surface area contributed by atoms with E-state index in [1.807, 2.05) is 24.3 Å². The molecule has 1 saturated heterocycles. The van der Waals surface area contributed by atoms with E-state index in [-0.39, 0.29) is 6.10 Å². The topological polar surface area (TPSA) is 86.2 Å². The van der Waals surface area contributed by atoms with Gasteiger partial charge in [-0.05, 0) is 42.2 Å². The lowest BCUT2D eigenvalue weighted by Gasteiger charge is -2.14. The third-order valence-electron chi connectivity index (χ3n) is 4.67. The molecule has 0 saturated carbocycles. The number of aromatic amines is 1. The number of nitrogens with one attached hydrogen (secondary N) is 1. The minimum Gasteiger partial charge on any atom is -0.497 e. The van der Waals surface area contributed by atoms with Crippen molar-refractivity contribution in [3.05, 3.63) is 57.4 Å². The number of pyridine rings is 1. The molecule has 7 heteroatoms. The lowest BCUT2D eigenvalue weighted by atomic mass is 10.0. The lowest BCUT2D eigenvalue weighted by Crippen LogP contribution is -2.34. The van der Waals surface area contributed by atoms with Gasteiger partial charge in [-0.1, -0.05) is 12.1 Å². The average Bonchev–Trinajstić information content (AvgIpc) is 3.18. The number of fused-ring (bicyclic) bond motifs is 1. The van der Waals surface area contributed by atoms with Crippen LogP contribution in [-0.2, 0) is 11.3 Å². The monoisotopic (exact) mass is 353 g/mol. The van der Waals surface area contributed by atoms with Gasteiger partial charge in [0, 0.05) is 12.8 Å². The standard InChI is InChI=1S/C19H19N3O4/c1-25-13-5-2-4-12(10-13)15-7-8-20-17-16(15)18(23)21-19(24)22(17)11-14-6-3-9-26-14/h2,4-5,7-8,10,14H,3,6,9,11H2,1H3,(H,21,23,24)/t14-/m1/s1. The first kappa shape index (κ1) is 16.5. The highest BCUT2D eigenvalue weighted by atomic mass is 16.5. The van der Waals surface area contributed by atoms with Crippen LogP contribution < -0.4 is 16.0 Å². The van der Waals surface area contributed by atoms with Gasteiger partial charge in [-0.3, -0.25) is 14.3 Å². The van der Waals surface area contributed by atoms with Crippen LogP contribution in [0.25, 0.3) is 22.2 Å². The summed E-state index contributed by atoms with van der Waals surface area (Å²) < 4.78 is 12.4. The zero-order chi connectivity index (χ0) is 18.1. The Morgan fingerprint density at radius 3 is 3.00 bits per heavy atom. The molecule has 3 heterocycles. The van der Waals surface area contributed by atoms with Crippen LogP contribution in [0.1, 0.15) is 12.8 Å². The Labute approximate surface area is 149 Å². The molecule has 1 atom stereocenters. The highest BCUT2D eigenvalue weighted by molar-refractivity contribution is 5.92. The average molecular weight is 353 g/mol. The van der Waals surface area contributed by atoms with Crippen molar-refractivity contribution < 1.29 is 9.47 Å². The number of benzene rings is 1. The summed E-state index contributed by atoms with van der Waals surface area (Å²) in [6.45, 7) is 1.07. The highest BCUT2D eigenvalue weighted by Crippen LogP contribution is 2.27. The summed E-state index contributed by atoms with van der Waals surface area (Å²) in [5.74, 6) is 0.691.